The molecule has 1 N–H and O–H groups in total. The topological polar surface area (TPSA) is 12.0 Å². The number of benzene rings is 1. The summed E-state index contributed by atoms with van der Waals surface area (Å²) >= 11 is 0. The highest BCUT2D eigenvalue weighted by atomic mass is 14.9. The summed E-state index contributed by atoms with van der Waals surface area (Å²) in [5.41, 5.74) is 1.63. The van der Waals surface area contributed by atoms with E-state index in [4.69, 9.17) is 0 Å². The Kier molecular flexibility index (Phi) is 5.70. The zero-order valence-corrected chi connectivity index (χ0v) is 11.8. The van der Waals surface area contributed by atoms with Crippen LogP contribution in [0.15, 0.2) is 30.3 Å². The first-order valence-corrected chi connectivity index (χ1v) is 6.91. The number of nitrogens with one attached hydrogen (secondary N) is 1. The van der Waals surface area contributed by atoms with E-state index in [-0.39, 0.29) is 5.41 Å². The monoisotopic (exact) mass is 233 g/mol. The summed E-state index contributed by atoms with van der Waals surface area (Å²) in [6.45, 7) is 10.3. The van der Waals surface area contributed by atoms with Crippen LogP contribution >= 0.6 is 0 Å². The molecule has 1 atom stereocenters. The van der Waals surface area contributed by atoms with Crippen LogP contribution in [0.4, 0.5) is 0 Å². The van der Waals surface area contributed by atoms with E-state index >= 15 is 0 Å². The lowest BCUT2D eigenvalue weighted by Gasteiger charge is -2.36. The lowest BCUT2D eigenvalue weighted by atomic mass is 9.76. The van der Waals surface area contributed by atoms with Gasteiger partial charge in [-0.2, -0.15) is 0 Å². The second-order valence-corrected chi connectivity index (χ2v) is 5.38. The summed E-state index contributed by atoms with van der Waals surface area (Å²) in [7, 11) is 0. The van der Waals surface area contributed by atoms with Gasteiger partial charge in [0, 0.05) is 11.5 Å². The molecule has 0 heterocycles. The van der Waals surface area contributed by atoms with E-state index in [9.17, 15) is 0 Å². The molecule has 0 aliphatic rings. The molecule has 0 fully saturated rings. The normalized spacial score (nSPS) is 13.6. The van der Waals surface area contributed by atoms with Gasteiger partial charge in [0.25, 0.3) is 0 Å². The lowest BCUT2D eigenvalue weighted by Crippen LogP contribution is -2.45. The predicted octanol–water partition coefficient (Wildman–Crippen LogP) is 4.13. The van der Waals surface area contributed by atoms with E-state index < -0.39 is 0 Å². The quantitative estimate of drug-likeness (QED) is 0.746. The summed E-state index contributed by atoms with van der Waals surface area (Å²) in [4.78, 5) is 0. The maximum absolute atomic E-state index is 3.71. The molecule has 1 nitrogen and oxygen atoms in total. The van der Waals surface area contributed by atoms with Crippen LogP contribution in [-0.4, -0.2) is 12.6 Å². The lowest BCUT2D eigenvalue weighted by molar-refractivity contribution is 0.320. The Morgan fingerprint density at radius 3 is 2.24 bits per heavy atom. The highest BCUT2D eigenvalue weighted by molar-refractivity contribution is 5.25. The summed E-state index contributed by atoms with van der Waals surface area (Å²) in [5.74, 6) is 0. The minimum Gasteiger partial charge on any atom is -0.313 e. The molecule has 1 rings (SSSR count). The summed E-state index contributed by atoms with van der Waals surface area (Å²) in [6, 6.07) is 11.4. The number of hydrogen-bond acceptors (Lipinski definition) is 1. The SMILES string of the molecule is CCCNC(CCC)C(C)(C)c1ccccc1. The Balaban J connectivity index is 2.83. The standard InChI is InChI=1S/C16H27N/c1-5-10-15(17-13-6-2)16(3,4)14-11-8-7-9-12-14/h7-9,11-12,15,17H,5-6,10,13H2,1-4H3. The highest BCUT2D eigenvalue weighted by Gasteiger charge is 2.29. The number of rotatable bonds is 7. The molecule has 1 aromatic rings. The average Bonchev–Trinajstić information content (AvgIpc) is 2.35. The van der Waals surface area contributed by atoms with E-state index in [2.05, 4.69) is 63.3 Å². The van der Waals surface area contributed by atoms with Crippen molar-refractivity contribution in [1.82, 2.24) is 5.32 Å². The third kappa shape index (κ3) is 3.85. The zero-order valence-electron chi connectivity index (χ0n) is 11.8. The molecule has 1 aromatic carbocycles. The fourth-order valence-electron chi connectivity index (χ4n) is 2.39. The fraction of sp³-hybridized carbons (Fsp3) is 0.625. The Morgan fingerprint density at radius 1 is 1.06 bits per heavy atom. The van der Waals surface area contributed by atoms with Gasteiger partial charge in [0.15, 0.2) is 0 Å². The molecule has 0 bridgehead atoms. The van der Waals surface area contributed by atoms with Gasteiger partial charge in [0.05, 0.1) is 0 Å². The van der Waals surface area contributed by atoms with E-state index in [0.717, 1.165) is 6.54 Å². The van der Waals surface area contributed by atoms with Gasteiger partial charge in [-0.05, 0) is 24.9 Å². The van der Waals surface area contributed by atoms with Gasteiger partial charge in [-0.15, -0.1) is 0 Å². The van der Waals surface area contributed by atoms with Crippen molar-refractivity contribution < 1.29 is 0 Å². The molecule has 96 valence electrons. The maximum atomic E-state index is 3.71. The molecule has 17 heavy (non-hydrogen) atoms. The van der Waals surface area contributed by atoms with Crippen LogP contribution in [0.2, 0.25) is 0 Å². The third-order valence-corrected chi connectivity index (χ3v) is 3.61. The highest BCUT2D eigenvalue weighted by Crippen LogP contribution is 2.29. The van der Waals surface area contributed by atoms with E-state index in [1.165, 1.54) is 24.8 Å². The molecule has 0 aliphatic heterocycles. The first-order chi connectivity index (χ1) is 8.12. The van der Waals surface area contributed by atoms with E-state index in [0.29, 0.717) is 6.04 Å². The van der Waals surface area contributed by atoms with E-state index in [1.807, 2.05) is 0 Å². The van der Waals surface area contributed by atoms with Crippen LogP contribution in [0, 0.1) is 0 Å². The Morgan fingerprint density at radius 2 is 1.71 bits per heavy atom. The van der Waals surface area contributed by atoms with Crippen LogP contribution in [0.5, 0.6) is 0 Å². The molecule has 0 aromatic heterocycles. The van der Waals surface area contributed by atoms with Crippen molar-refractivity contribution in [3.8, 4) is 0 Å². The molecular weight excluding hydrogens is 206 g/mol. The largest absolute Gasteiger partial charge is 0.313 e. The van der Waals surface area contributed by atoms with Crippen LogP contribution in [-0.2, 0) is 5.41 Å². The van der Waals surface area contributed by atoms with Crippen molar-refractivity contribution >= 4 is 0 Å². The second-order valence-electron chi connectivity index (χ2n) is 5.38. The molecule has 0 saturated heterocycles. The van der Waals surface area contributed by atoms with Gasteiger partial charge in [0.1, 0.15) is 0 Å². The molecule has 1 heteroatoms. The van der Waals surface area contributed by atoms with Crippen molar-refractivity contribution in [2.24, 2.45) is 0 Å². The Labute approximate surface area is 107 Å². The molecule has 0 amide bonds. The van der Waals surface area contributed by atoms with Crippen LogP contribution in [0.1, 0.15) is 52.5 Å². The van der Waals surface area contributed by atoms with Crippen LogP contribution < -0.4 is 5.32 Å². The smallest absolute Gasteiger partial charge is 0.0159 e. The summed E-state index contributed by atoms with van der Waals surface area (Å²) in [5, 5.41) is 3.71. The van der Waals surface area contributed by atoms with Crippen molar-refractivity contribution in [2.75, 3.05) is 6.54 Å². The summed E-state index contributed by atoms with van der Waals surface area (Å²) in [6.07, 6.45) is 3.67. The average molecular weight is 233 g/mol. The van der Waals surface area contributed by atoms with Crippen LogP contribution in [0.3, 0.4) is 0 Å². The first-order valence-electron chi connectivity index (χ1n) is 6.91. The molecule has 1 unspecified atom stereocenters. The van der Waals surface area contributed by atoms with Gasteiger partial charge >= 0.3 is 0 Å². The van der Waals surface area contributed by atoms with Crippen molar-refractivity contribution in [2.45, 2.75) is 58.4 Å². The van der Waals surface area contributed by atoms with Gasteiger partial charge < -0.3 is 5.32 Å². The first kappa shape index (κ1) is 14.2. The predicted molar refractivity (Wildman–Crippen MR) is 76.5 cm³/mol. The zero-order chi connectivity index (χ0) is 12.7. The van der Waals surface area contributed by atoms with Crippen molar-refractivity contribution in [3.05, 3.63) is 35.9 Å². The Hall–Kier alpha value is -0.820. The molecule has 0 spiro atoms. The van der Waals surface area contributed by atoms with Gasteiger partial charge in [0.2, 0.25) is 0 Å². The van der Waals surface area contributed by atoms with Crippen molar-refractivity contribution in [3.63, 3.8) is 0 Å². The van der Waals surface area contributed by atoms with Gasteiger partial charge in [-0.3, -0.25) is 0 Å². The molecule has 0 radical (unpaired) electrons. The third-order valence-electron chi connectivity index (χ3n) is 3.61. The molecule has 0 saturated carbocycles. The minimum atomic E-state index is 0.201. The van der Waals surface area contributed by atoms with Gasteiger partial charge in [-0.1, -0.05) is 64.4 Å². The van der Waals surface area contributed by atoms with Crippen molar-refractivity contribution in [1.29, 1.82) is 0 Å². The summed E-state index contributed by atoms with van der Waals surface area (Å²) < 4.78 is 0. The maximum Gasteiger partial charge on any atom is 0.0159 e. The number of hydrogen-bond donors (Lipinski definition) is 1. The molecule has 0 aliphatic carbocycles. The Bertz CT molecular complexity index is 303. The fourth-order valence-corrected chi connectivity index (χ4v) is 2.39. The van der Waals surface area contributed by atoms with Gasteiger partial charge in [-0.25, -0.2) is 0 Å². The molecular formula is C16H27N. The minimum absolute atomic E-state index is 0.201. The second kappa shape index (κ2) is 6.80. The van der Waals surface area contributed by atoms with E-state index in [1.54, 1.807) is 0 Å². The van der Waals surface area contributed by atoms with Crippen LogP contribution in [0.25, 0.3) is 0 Å².